The lowest BCUT2D eigenvalue weighted by Crippen LogP contribution is -2.56. The minimum atomic E-state index is -4.75. The number of anilines is 3. The van der Waals surface area contributed by atoms with Crippen LogP contribution in [0.3, 0.4) is 0 Å². The van der Waals surface area contributed by atoms with Crippen molar-refractivity contribution in [1.82, 2.24) is 25.2 Å². The van der Waals surface area contributed by atoms with Crippen LogP contribution in [0.5, 0.6) is 5.75 Å². The number of rotatable bonds is 28. The highest BCUT2D eigenvalue weighted by Crippen LogP contribution is 2.36. The zero-order chi connectivity index (χ0) is 50.6. The van der Waals surface area contributed by atoms with Crippen LogP contribution in [0.1, 0.15) is 82.8 Å². The second kappa shape index (κ2) is 27.2. The molecule has 7 rings (SSSR count). The molecule has 1 aliphatic heterocycles. The van der Waals surface area contributed by atoms with Gasteiger partial charge in [0.1, 0.15) is 12.3 Å². The third-order valence-corrected chi connectivity index (χ3v) is 13.4. The average Bonchev–Trinajstić information content (AvgIpc) is 3.38. The number of ether oxygens (including phenoxy) is 2. The molecule has 1 fully saturated rings. The SMILES string of the molecule is Cc1ccc(NC(=O)c2ccc(CN3CC[N+](C)(Cc4ccc(C(O)CNCCCCCCOCCCCc5ccccc5)cc4OCOP(=O)(O)O)CC3)cc2)cc1Nc1nccc(-c2cccnc2)n1. The van der Waals surface area contributed by atoms with E-state index in [2.05, 4.69) is 71.6 Å². The number of pyridine rings is 1. The van der Waals surface area contributed by atoms with Crippen LogP contribution in [0.25, 0.3) is 11.3 Å². The van der Waals surface area contributed by atoms with E-state index in [1.165, 1.54) is 5.56 Å². The molecule has 1 aliphatic rings. The quantitative estimate of drug-likeness (QED) is 0.0118. The highest BCUT2D eigenvalue weighted by atomic mass is 31.2. The fourth-order valence-electron chi connectivity index (χ4n) is 8.63. The molecule has 16 nitrogen and oxygen atoms in total. The molecule has 1 atom stereocenters. The molecule has 1 unspecified atom stereocenters. The Hall–Kier alpha value is -5.91. The van der Waals surface area contributed by atoms with Crippen molar-refractivity contribution in [3.63, 3.8) is 0 Å². The molecule has 3 heterocycles. The molecule has 1 saturated heterocycles. The minimum Gasteiger partial charge on any atom is -0.466 e. The van der Waals surface area contributed by atoms with Crippen LogP contribution in [-0.4, -0.2) is 111 Å². The molecule has 2 aromatic heterocycles. The number of carbonyl (C=O) groups is 1. The minimum absolute atomic E-state index is 0.215. The van der Waals surface area contributed by atoms with Crippen molar-refractivity contribution < 1.29 is 42.7 Å². The number of nitrogens with zero attached hydrogens (tertiary/aromatic N) is 5. The summed E-state index contributed by atoms with van der Waals surface area (Å²) in [6, 6.07) is 35.1. The van der Waals surface area contributed by atoms with Crippen molar-refractivity contribution in [2.45, 2.75) is 71.1 Å². The number of hydrogen-bond donors (Lipinski definition) is 6. The Balaban J connectivity index is 0.830. The van der Waals surface area contributed by atoms with Crippen LogP contribution in [0.4, 0.5) is 17.3 Å². The number of aliphatic hydroxyl groups excluding tert-OH is 1. The number of hydrogen-bond acceptors (Lipinski definition) is 12. The lowest BCUT2D eigenvalue weighted by molar-refractivity contribution is -0.926. The van der Waals surface area contributed by atoms with E-state index in [9.17, 15) is 24.3 Å². The number of phosphoric acid groups is 1. The second-order valence-corrected chi connectivity index (χ2v) is 20.0. The first kappa shape index (κ1) is 53.9. The van der Waals surface area contributed by atoms with Crippen LogP contribution in [-0.2, 0) is 33.3 Å². The van der Waals surface area contributed by atoms with Crippen molar-refractivity contribution in [3.8, 4) is 17.0 Å². The van der Waals surface area contributed by atoms with Gasteiger partial charge >= 0.3 is 7.82 Å². The number of quaternary nitrogens is 1. The van der Waals surface area contributed by atoms with Gasteiger partial charge in [-0.25, -0.2) is 19.1 Å². The van der Waals surface area contributed by atoms with E-state index in [0.717, 1.165) is 136 Å². The normalized spacial score (nSPS) is 14.2. The van der Waals surface area contributed by atoms with Crippen LogP contribution in [0, 0.1) is 6.92 Å². The number of aromatic nitrogens is 3. The van der Waals surface area contributed by atoms with E-state index in [-0.39, 0.29) is 5.91 Å². The first-order valence-corrected chi connectivity index (χ1v) is 26.4. The number of benzene rings is 4. The summed E-state index contributed by atoms with van der Waals surface area (Å²) in [6.45, 7) is 8.80. The maximum absolute atomic E-state index is 13.4. The zero-order valence-electron chi connectivity index (χ0n) is 41.5. The predicted molar refractivity (Wildman–Crippen MR) is 281 cm³/mol. The van der Waals surface area contributed by atoms with Crippen molar-refractivity contribution in [1.29, 1.82) is 0 Å². The number of amides is 1. The number of nitrogens with one attached hydrogen (secondary N) is 3. The van der Waals surface area contributed by atoms with Crippen molar-refractivity contribution in [2.24, 2.45) is 0 Å². The highest BCUT2D eigenvalue weighted by molar-refractivity contribution is 7.46. The molecular weight excluding hydrogens is 932 g/mol. The fourth-order valence-corrected chi connectivity index (χ4v) is 8.82. The number of piperazine rings is 1. The molecule has 6 aromatic rings. The number of carbonyl (C=O) groups excluding carboxylic acids is 1. The van der Waals surface area contributed by atoms with Crippen molar-refractivity contribution in [3.05, 3.63) is 161 Å². The molecule has 6 N–H and O–H groups in total. The Morgan fingerprint density at radius 1 is 0.847 bits per heavy atom. The lowest BCUT2D eigenvalue weighted by atomic mass is 10.0. The van der Waals surface area contributed by atoms with Crippen molar-refractivity contribution in [2.75, 3.05) is 77.0 Å². The van der Waals surface area contributed by atoms with E-state index in [0.29, 0.717) is 41.6 Å². The first-order valence-electron chi connectivity index (χ1n) is 24.9. The maximum Gasteiger partial charge on any atom is 0.472 e. The van der Waals surface area contributed by atoms with Gasteiger partial charge in [0.2, 0.25) is 5.95 Å². The summed E-state index contributed by atoms with van der Waals surface area (Å²) in [7, 11) is -2.56. The van der Waals surface area contributed by atoms with Crippen molar-refractivity contribution >= 4 is 31.1 Å². The third-order valence-electron chi connectivity index (χ3n) is 12.9. The molecular formula is C55H70N8O8P+. The Labute approximate surface area is 423 Å². The van der Waals surface area contributed by atoms with Crippen LogP contribution in [0.2, 0.25) is 0 Å². The summed E-state index contributed by atoms with van der Waals surface area (Å²) in [5, 5.41) is 20.8. The number of likely N-dealkylation sites (N-methyl/N-ethyl adjacent to an activating group) is 1. The standard InChI is InChI=1S/C55H69N8O8P/c1-42-17-24-49(36-51(42)61-55-58-28-25-50(60-55)47-16-12-27-56-37-47)59-54(65)45-20-18-44(19-21-45)39-62-29-31-63(2,32-30-62)40-48-23-22-46(35-53(48)70-41-71-72(66,67)68)52(64)38-57-26-9-3-4-10-33-69-34-11-8-15-43-13-6-5-7-14-43/h5-7,12-14,16-25,27-28,35-37,52,57,64H,3-4,8-11,15,26,29-34,38-41H2,1-2H3,(H3-,58,59,60,61,65,66,67,68)/p+1. The smallest absolute Gasteiger partial charge is 0.466 e. The topological polar surface area (TPSA) is 201 Å². The fraction of sp³-hybridized carbons (Fsp3) is 0.382. The largest absolute Gasteiger partial charge is 0.472 e. The highest BCUT2D eigenvalue weighted by Gasteiger charge is 2.30. The first-order chi connectivity index (χ1) is 34.9. The molecule has 0 radical (unpaired) electrons. The molecule has 4 aromatic carbocycles. The summed E-state index contributed by atoms with van der Waals surface area (Å²) in [5.74, 6) is 0.638. The monoisotopic (exact) mass is 1000 g/mol. The summed E-state index contributed by atoms with van der Waals surface area (Å²) in [4.78, 5) is 47.6. The zero-order valence-corrected chi connectivity index (χ0v) is 42.4. The lowest BCUT2D eigenvalue weighted by Gasteiger charge is -2.42. The van der Waals surface area contributed by atoms with Gasteiger partial charge in [0.15, 0.2) is 6.79 Å². The summed E-state index contributed by atoms with van der Waals surface area (Å²) in [5.41, 5.74) is 8.54. The number of phosphoric ester groups is 1. The third kappa shape index (κ3) is 17.7. The average molecular weight is 1000 g/mol. The van der Waals surface area contributed by atoms with Gasteiger partial charge < -0.3 is 44.8 Å². The Morgan fingerprint density at radius 3 is 2.39 bits per heavy atom. The number of aryl methyl sites for hydroxylation is 2. The number of unbranched alkanes of at least 4 members (excludes halogenated alkanes) is 4. The molecule has 1 amide bonds. The number of aliphatic hydroxyl groups is 1. The van der Waals surface area contributed by atoms with Gasteiger partial charge in [-0.15, -0.1) is 0 Å². The van der Waals surface area contributed by atoms with Gasteiger partial charge in [-0.3, -0.25) is 14.7 Å². The van der Waals surface area contributed by atoms with E-state index >= 15 is 0 Å². The Morgan fingerprint density at radius 2 is 1.62 bits per heavy atom. The molecule has 0 aliphatic carbocycles. The van der Waals surface area contributed by atoms with Gasteiger partial charge in [-0.1, -0.05) is 67.4 Å². The molecule has 72 heavy (non-hydrogen) atoms. The molecule has 17 heteroatoms. The van der Waals surface area contributed by atoms with Crippen LogP contribution < -0.4 is 20.7 Å². The van der Waals surface area contributed by atoms with Gasteiger partial charge in [0, 0.05) is 86.0 Å². The summed E-state index contributed by atoms with van der Waals surface area (Å²) >= 11 is 0. The molecule has 0 bridgehead atoms. The molecule has 382 valence electrons. The molecule has 0 saturated carbocycles. The Kier molecular flexibility index (Phi) is 20.4. The van der Waals surface area contributed by atoms with E-state index in [1.54, 1.807) is 24.7 Å². The van der Waals surface area contributed by atoms with Crippen LogP contribution in [0.15, 0.2) is 128 Å². The van der Waals surface area contributed by atoms with E-state index < -0.39 is 20.7 Å². The molecule has 0 spiro atoms. The van der Waals surface area contributed by atoms with Gasteiger partial charge in [0.05, 0.1) is 31.9 Å². The summed E-state index contributed by atoms with van der Waals surface area (Å²) < 4.78 is 28.5. The Bertz CT molecular complexity index is 2650. The second-order valence-electron chi connectivity index (χ2n) is 18.8. The van der Waals surface area contributed by atoms with Gasteiger partial charge in [-0.2, -0.15) is 0 Å². The van der Waals surface area contributed by atoms with Gasteiger partial charge in [0.25, 0.3) is 5.91 Å². The predicted octanol–water partition coefficient (Wildman–Crippen LogP) is 8.97. The van der Waals surface area contributed by atoms with E-state index in [1.807, 2.05) is 85.8 Å². The van der Waals surface area contributed by atoms with Gasteiger partial charge in [-0.05, 0) is 122 Å². The van der Waals surface area contributed by atoms with E-state index in [4.69, 9.17) is 9.47 Å². The summed E-state index contributed by atoms with van der Waals surface area (Å²) in [6.07, 6.45) is 11.9. The van der Waals surface area contributed by atoms with Crippen LogP contribution >= 0.6 is 7.82 Å². The maximum atomic E-state index is 13.4.